The molecule has 0 radical (unpaired) electrons. The van der Waals surface area contributed by atoms with Crippen molar-refractivity contribution in [1.29, 1.82) is 0 Å². The Kier molecular flexibility index (Phi) is 20.7. The van der Waals surface area contributed by atoms with Gasteiger partial charge in [-0.05, 0) is 0 Å². The van der Waals surface area contributed by atoms with Crippen molar-refractivity contribution in [3.05, 3.63) is 42.5 Å². The summed E-state index contributed by atoms with van der Waals surface area (Å²) in [5.41, 5.74) is 0. The fourth-order valence-corrected chi connectivity index (χ4v) is 0.321. The van der Waals surface area contributed by atoms with Gasteiger partial charge >= 0.3 is 21.7 Å². The third kappa shape index (κ3) is 17.9. The van der Waals surface area contributed by atoms with E-state index in [9.17, 15) is 0 Å². The van der Waals surface area contributed by atoms with Crippen molar-refractivity contribution >= 4 is 0 Å². The Morgan fingerprint density at radius 3 is 1.55 bits per heavy atom. The minimum atomic E-state index is 0. The molecule has 0 bridgehead atoms. The number of halogens is 2. The van der Waals surface area contributed by atoms with E-state index < -0.39 is 0 Å². The van der Waals surface area contributed by atoms with Gasteiger partial charge in [0.25, 0.3) is 0 Å². The zero-order chi connectivity index (χ0) is 5.66. The minimum Gasteiger partial charge on any atom is -1.00 e. The van der Waals surface area contributed by atoms with Crippen molar-refractivity contribution in [3.8, 4) is 0 Å². The van der Waals surface area contributed by atoms with Crippen LogP contribution >= 0.6 is 0 Å². The Bertz CT molecular complexity index is 126. The zero-order valence-electron chi connectivity index (χ0n) is 5.93. The molecular weight excluding hydrogens is 215 g/mol. The van der Waals surface area contributed by atoms with Gasteiger partial charge in [0.05, 0.1) is 0 Å². The van der Waals surface area contributed by atoms with Crippen molar-refractivity contribution in [2.24, 2.45) is 0 Å². The van der Waals surface area contributed by atoms with Crippen LogP contribution in [0.4, 0.5) is 0 Å². The second-order valence-corrected chi connectivity index (χ2v) is 1.57. The molecule has 1 aromatic rings. The molecule has 0 saturated heterocycles. The van der Waals surface area contributed by atoms with Gasteiger partial charge in [0, 0.05) is 0 Å². The van der Waals surface area contributed by atoms with E-state index in [1.807, 2.05) is 36.4 Å². The summed E-state index contributed by atoms with van der Waals surface area (Å²) in [4.78, 5) is 0. The molecule has 0 aromatic heterocycles. The molecule has 1 aliphatic rings. The fraction of sp³-hybridized carbons (Fsp3) is 0.125. The normalized spacial score (nSPS) is 8.73. The molecule has 0 N–H and O–H groups in total. The van der Waals surface area contributed by atoms with E-state index in [0.29, 0.717) is 0 Å². The topological polar surface area (TPSA) is 0 Å². The van der Waals surface area contributed by atoms with E-state index >= 15 is 0 Å². The Hall–Kier alpha value is 0.384. The average Bonchev–Trinajstić information content (AvgIpc) is 2.55. The van der Waals surface area contributed by atoms with Gasteiger partial charge < -0.3 is 30.9 Å². The van der Waals surface area contributed by atoms with E-state index in [-0.39, 0.29) is 46.5 Å². The molecule has 58 valence electrons. The second kappa shape index (κ2) is 13.0. The van der Waals surface area contributed by atoms with Crippen molar-refractivity contribution in [2.75, 3.05) is 0 Å². The Morgan fingerprint density at radius 1 is 1.09 bits per heavy atom. The van der Waals surface area contributed by atoms with E-state index in [4.69, 9.17) is 0 Å². The van der Waals surface area contributed by atoms with Crippen molar-refractivity contribution in [2.45, 2.75) is 6.42 Å². The fourth-order valence-electron chi connectivity index (χ4n) is 0.321. The summed E-state index contributed by atoms with van der Waals surface area (Å²) in [7, 11) is 0. The third-order valence-electron chi connectivity index (χ3n) is 0.760. The summed E-state index contributed by atoms with van der Waals surface area (Å²) in [5, 5.41) is 0. The van der Waals surface area contributed by atoms with Crippen LogP contribution in [0.15, 0.2) is 36.4 Å². The maximum Gasteiger partial charge on any atom is 4.00 e. The first-order chi connectivity index (χ1) is 4.00. The third-order valence-corrected chi connectivity index (χ3v) is 0.760. The molecule has 11 heavy (non-hydrogen) atoms. The van der Waals surface area contributed by atoms with Crippen LogP contribution in [0, 0.1) is 6.08 Å². The predicted octanol–water partition coefficient (Wildman–Crippen LogP) is -3.84. The van der Waals surface area contributed by atoms with Gasteiger partial charge in [0.1, 0.15) is 0 Å². The summed E-state index contributed by atoms with van der Waals surface area (Å²) in [6.07, 6.45) is 6.00. The van der Waals surface area contributed by atoms with Crippen molar-refractivity contribution < 1.29 is 46.5 Å². The van der Waals surface area contributed by atoms with Gasteiger partial charge in [-0.25, -0.2) is 18.6 Å². The standard InChI is InChI=1S/C5H5.C3H3.2ClH.Ti/c1-2-4-5-3-1;1-2-3-1;;;/h1-5H;1H,2H2;2*1H;/q2*-1;;;+4/p-2. The second-order valence-electron chi connectivity index (χ2n) is 1.57. The van der Waals surface area contributed by atoms with E-state index in [2.05, 4.69) is 6.08 Å². The number of allylic oxidation sites excluding steroid dienone is 2. The van der Waals surface area contributed by atoms with E-state index in [1.54, 1.807) is 0 Å². The van der Waals surface area contributed by atoms with Gasteiger partial charge in [-0.1, -0.05) is 0 Å². The molecule has 0 amide bonds. The summed E-state index contributed by atoms with van der Waals surface area (Å²) in [6, 6.07) is 10.0. The molecule has 0 atom stereocenters. The first-order valence-corrected chi connectivity index (χ1v) is 2.72. The Morgan fingerprint density at radius 2 is 1.45 bits per heavy atom. The molecule has 3 heteroatoms. The molecule has 0 saturated carbocycles. The zero-order valence-corrected chi connectivity index (χ0v) is 9.00. The van der Waals surface area contributed by atoms with Gasteiger partial charge in [0.2, 0.25) is 0 Å². The van der Waals surface area contributed by atoms with Gasteiger partial charge in [0.15, 0.2) is 0 Å². The molecule has 0 heterocycles. The van der Waals surface area contributed by atoms with Gasteiger partial charge in [-0.15, -0.1) is 0 Å². The summed E-state index contributed by atoms with van der Waals surface area (Å²) in [5.74, 6) is 0. The smallest absolute Gasteiger partial charge is 1.00 e. The average molecular weight is 223 g/mol. The first-order valence-electron chi connectivity index (χ1n) is 2.72. The minimum absolute atomic E-state index is 0. The molecular formula is C8H8Cl2Ti. The molecule has 1 aromatic carbocycles. The van der Waals surface area contributed by atoms with Crippen LogP contribution in [-0.2, 0) is 21.7 Å². The first kappa shape index (κ1) is 17.5. The van der Waals surface area contributed by atoms with Crippen molar-refractivity contribution in [3.63, 3.8) is 0 Å². The SMILES string of the molecule is [C-]1=CC1.[Cl-].[Cl-].[Ti+4].c1cc[cH-]c1. The predicted molar refractivity (Wildman–Crippen MR) is 34.5 cm³/mol. The number of hydrogen-bond donors (Lipinski definition) is 0. The van der Waals surface area contributed by atoms with Crippen LogP contribution in [0.25, 0.3) is 0 Å². The monoisotopic (exact) mass is 222 g/mol. The van der Waals surface area contributed by atoms with Crippen LogP contribution in [0.5, 0.6) is 0 Å². The number of rotatable bonds is 0. The van der Waals surface area contributed by atoms with Crippen molar-refractivity contribution in [1.82, 2.24) is 0 Å². The van der Waals surface area contributed by atoms with Crippen LogP contribution in [0.1, 0.15) is 6.42 Å². The molecule has 0 fully saturated rings. The molecule has 0 aliphatic heterocycles. The molecule has 0 nitrogen and oxygen atoms in total. The summed E-state index contributed by atoms with van der Waals surface area (Å²) in [6.45, 7) is 0. The van der Waals surface area contributed by atoms with Gasteiger partial charge in [-0.3, -0.25) is 6.08 Å². The van der Waals surface area contributed by atoms with Crippen LogP contribution in [0.2, 0.25) is 0 Å². The van der Waals surface area contributed by atoms with E-state index in [1.165, 1.54) is 0 Å². The van der Waals surface area contributed by atoms with Crippen LogP contribution in [0.3, 0.4) is 0 Å². The molecule has 2 rings (SSSR count). The quantitative estimate of drug-likeness (QED) is 0.312. The van der Waals surface area contributed by atoms with Crippen LogP contribution in [-0.4, -0.2) is 0 Å². The summed E-state index contributed by atoms with van der Waals surface area (Å²) < 4.78 is 0. The summed E-state index contributed by atoms with van der Waals surface area (Å²) >= 11 is 0. The number of hydrogen-bond acceptors (Lipinski definition) is 0. The molecule has 0 unspecified atom stereocenters. The van der Waals surface area contributed by atoms with Gasteiger partial charge in [-0.2, -0.15) is 18.2 Å². The molecule has 0 spiro atoms. The largest absolute Gasteiger partial charge is 4.00 e. The Labute approximate surface area is 95.1 Å². The Balaban J connectivity index is -0.0000000967. The molecule has 1 aliphatic carbocycles. The maximum atomic E-state index is 2.88. The van der Waals surface area contributed by atoms with E-state index in [0.717, 1.165) is 6.42 Å². The maximum absolute atomic E-state index is 2.88. The van der Waals surface area contributed by atoms with Crippen LogP contribution < -0.4 is 24.8 Å².